The molecule has 0 saturated carbocycles. The Morgan fingerprint density at radius 2 is 2.05 bits per heavy atom. The van der Waals surface area contributed by atoms with Crippen molar-refractivity contribution in [2.45, 2.75) is 11.3 Å². The van der Waals surface area contributed by atoms with E-state index >= 15 is 0 Å². The Labute approximate surface area is 126 Å². The van der Waals surface area contributed by atoms with E-state index < -0.39 is 0 Å². The van der Waals surface area contributed by atoms with Crippen LogP contribution >= 0.6 is 23.4 Å². The van der Waals surface area contributed by atoms with Crippen LogP contribution in [0.1, 0.15) is 6.42 Å². The van der Waals surface area contributed by atoms with E-state index in [1.165, 1.54) is 0 Å². The van der Waals surface area contributed by atoms with Gasteiger partial charge in [-0.15, -0.1) is 11.8 Å². The van der Waals surface area contributed by atoms with E-state index in [0.29, 0.717) is 28.6 Å². The average Bonchev–Trinajstić information content (AvgIpc) is 2.43. The lowest BCUT2D eigenvalue weighted by Gasteiger charge is -2.07. The number of hydrogen-bond donors (Lipinski definition) is 2. The number of anilines is 2. The van der Waals surface area contributed by atoms with Gasteiger partial charge in [0.05, 0.1) is 10.7 Å². The van der Waals surface area contributed by atoms with Crippen LogP contribution in [-0.4, -0.2) is 16.6 Å². The Morgan fingerprint density at radius 1 is 1.30 bits per heavy atom. The number of pyridine rings is 1. The number of nitrogens with zero attached hydrogens (tertiary/aromatic N) is 1. The fourth-order valence-corrected chi connectivity index (χ4v) is 2.62. The van der Waals surface area contributed by atoms with Crippen molar-refractivity contribution in [1.82, 2.24) is 4.98 Å². The van der Waals surface area contributed by atoms with Crippen LogP contribution in [0.4, 0.5) is 11.4 Å². The third kappa shape index (κ3) is 4.43. The molecular formula is C14H14ClN3OS. The van der Waals surface area contributed by atoms with E-state index in [0.717, 1.165) is 4.90 Å². The van der Waals surface area contributed by atoms with Gasteiger partial charge in [-0.05, 0) is 30.3 Å². The molecule has 0 spiro atoms. The Bertz CT molecular complexity index is 592. The van der Waals surface area contributed by atoms with Gasteiger partial charge < -0.3 is 11.1 Å². The first-order chi connectivity index (χ1) is 9.65. The van der Waals surface area contributed by atoms with Crippen LogP contribution in [0.3, 0.4) is 0 Å². The molecule has 2 rings (SSSR count). The Kier molecular flexibility index (Phi) is 5.26. The molecule has 1 aromatic heterocycles. The monoisotopic (exact) mass is 307 g/mol. The molecule has 0 saturated heterocycles. The lowest BCUT2D eigenvalue weighted by molar-refractivity contribution is -0.115. The molecule has 0 aliphatic carbocycles. The summed E-state index contributed by atoms with van der Waals surface area (Å²) in [5.74, 6) is 0.626. The van der Waals surface area contributed by atoms with Crippen molar-refractivity contribution in [3.05, 3.63) is 47.7 Å². The molecule has 1 aromatic carbocycles. The summed E-state index contributed by atoms with van der Waals surface area (Å²) >= 11 is 7.61. The van der Waals surface area contributed by atoms with Gasteiger partial charge in [0.2, 0.25) is 5.91 Å². The SMILES string of the molecule is Nc1ccc(NC(=O)CCSc2ccncc2)c(Cl)c1. The molecule has 3 N–H and O–H groups in total. The summed E-state index contributed by atoms with van der Waals surface area (Å²) in [5.41, 5.74) is 6.75. The molecule has 4 nitrogen and oxygen atoms in total. The van der Waals surface area contributed by atoms with Gasteiger partial charge in [0.1, 0.15) is 0 Å². The summed E-state index contributed by atoms with van der Waals surface area (Å²) in [4.78, 5) is 16.9. The van der Waals surface area contributed by atoms with Crippen LogP contribution in [0, 0.1) is 0 Å². The highest BCUT2D eigenvalue weighted by Gasteiger charge is 2.06. The Morgan fingerprint density at radius 3 is 2.75 bits per heavy atom. The van der Waals surface area contributed by atoms with E-state index in [-0.39, 0.29) is 5.91 Å². The second-order valence-electron chi connectivity index (χ2n) is 4.07. The third-order valence-electron chi connectivity index (χ3n) is 2.51. The maximum Gasteiger partial charge on any atom is 0.225 e. The lowest BCUT2D eigenvalue weighted by Crippen LogP contribution is -2.12. The minimum atomic E-state index is -0.0711. The Hall–Kier alpha value is -1.72. The highest BCUT2D eigenvalue weighted by atomic mass is 35.5. The number of nitrogen functional groups attached to an aromatic ring is 1. The van der Waals surface area contributed by atoms with Crippen LogP contribution in [0.5, 0.6) is 0 Å². The highest BCUT2D eigenvalue weighted by Crippen LogP contribution is 2.24. The van der Waals surface area contributed by atoms with Crippen molar-refractivity contribution in [1.29, 1.82) is 0 Å². The first-order valence-corrected chi connectivity index (χ1v) is 7.39. The minimum Gasteiger partial charge on any atom is -0.399 e. The van der Waals surface area contributed by atoms with E-state index in [1.54, 1.807) is 42.4 Å². The molecule has 0 unspecified atom stereocenters. The molecule has 0 radical (unpaired) electrons. The van der Waals surface area contributed by atoms with Gasteiger partial charge in [-0.3, -0.25) is 9.78 Å². The van der Waals surface area contributed by atoms with Gasteiger partial charge in [0, 0.05) is 35.2 Å². The van der Waals surface area contributed by atoms with Crippen molar-refractivity contribution in [2.24, 2.45) is 0 Å². The number of hydrogen-bond acceptors (Lipinski definition) is 4. The molecule has 0 bridgehead atoms. The van der Waals surface area contributed by atoms with Crippen molar-refractivity contribution < 1.29 is 4.79 Å². The normalized spacial score (nSPS) is 10.2. The number of nitrogens with one attached hydrogen (secondary N) is 1. The predicted molar refractivity (Wildman–Crippen MR) is 84.1 cm³/mol. The van der Waals surface area contributed by atoms with Gasteiger partial charge in [-0.25, -0.2) is 0 Å². The smallest absolute Gasteiger partial charge is 0.225 e. The largest absolute Gasteiger partial charge is 0.399 e. The number of nitrogens with two attached hydrogens (primary N) is 1. The quantitative estimate of drug-likeness (QED) is 0.656. The number of carbonyl (C=O) groups is 1. The molecule has 0 aliphatic heterocycles. The van der Waals surface area contributed by atoms with Gasteiger partial charge in [0.15, 0.2) is 0 Å². The van der Waals surface area contributed by atoms with E-state index in [9.17, 15) is 4.79 Å². The Balaban J connectivity index is 1.81. The predicted octanol–water partition coefficient (Wildman–Crippen LogP) is 3.44. The summed E-state index contributed by atoms with van der Waals surface area (Å²) in [5, 5.41) is 3.22. The first kappa shape index (κ1) is 14.7. The lowest BCUT2D eigenvalue weighted by atomic mass is 10.3. The third-order valence-corrected chi connectivity index (χ3v) is 3.84. The highest BCUT2D eigenvalue weighted by molar-refractivity contribution is 7.99. The number of aromatic nitrogens is 1. The average molecular weight is 308 g/mol. The van der Waals surface area contributed by atoms with Crippen LogP contribution in [0.25, 0.3) is 0 Å². The van der Waals surface area contributed by atoms with Gasteiger partial charge in [-0.2, -0.15) is 0 Å². The fourth-order valence-electron chi connectivity index (χ4n) is 1.54. The molecule has 6 heteroatoms. The summed E-state index contributed by atoms with van der Waals surface area (Å²) in [6.45, 7) is 0. The molecule has 2 aromatic rings. The molecule has 0 fully saturated rings. The van der Waals surface area contributed by atoms with Gasteiger partial charge >= 0.3 is 0 Å². The van der Waals surface area contributed by atoms with Crippen molar-refractivity contribution in [2.75, 3.05) is 16.8 Å². The van der Waals surface area contributed by atoms with Crippen LogP contribution in [0.2, 0.25) is 5.02 Å². The van der Waals surface area contributed by atoms with Crippen LogP contribution < -0.4 is 11.1 Å². The standard InChI is InChI=1S/C14H14ClN3OS/c15-12-9-10(16)1-2-13(12)18-14(19)5-8-20-11-3-6-17-7-4-11/h1-4,6-7,9H,5,8,16H2,(H,18,19). The van der Waals surface area contributed by atoms with Crippen molar-refractivity contribution in [3.63, 3.8) is 0 Å². The van der Waals surface area contributed by atoms with Gasteiger partial charge in [-0.1, -0.05) is 11.6 Å². The maximum atomic E-state index is 11.8. The fraction of sp³-hybridized carbons (Fsp3) is 0.143. The second-order valence-corrected chi connectivity index (χ2v) is 5.64. The molecule has 0 atom stereocenters. The van der Waals surface area contributed by atoms with E-state index in [1.807, 2.05) is 12.1 Å². The number of thioether (sulfide) groups is 1. The second kappa shape index (κ2) is 7.17. The zero-order valence-electron chi connectivity index (χ0n) is 10.7. The minimum absolute atomic E-state index is 0.0711. The first-order valence-electron chi connectivity index (χ1n) is 6.03. The molecular weight excluding hydrogens is 294 g/mol. The molecule has 0 aliphatic rings. The number of carbonyl (C=O) groups excluding carboxylic acids is 1. The van der Waals surface area contributed by atoms with Gasteiger partial charge in [0.25, 0.3) is 0 Å². The van der Waals surface area contributed by atoms with Crippen molar-refractivity contribution in [3.8, 4) is 0 Å². The molecule has 20 heavy (non-hydrogen) atoms. The van der Waals surface area contributed by atoms with Crippen LogP contribution in [0.15, 0.2) is 47.6 Å². The molecule has 104 valence electrons. The number of rotatable bonds is 5. The maximum absolute atomic E-state index is 11.8. The summed E-state index contributed by atoms with van der Waals surface area (Å²) < 4.78 is 0. The summed E-state index contributed by atoms with van der Waals surface area (Å²) in [6.07, 6.45) is 3.88. The molecule has 1 amide bonds. The topological polar surface area (TPSA) is 68.0 Å². The summed E-state index contributed by atoms with van der Waals surface area (Å²) in [7, 11) is 0. The van der Waals surface area contributed by atoms with E-state index in [4.69, 9.17) is 17.3 Å². The van der Waals surface area contributed by atoms with E-state index in [2.05, 4.69) is 10.3 Å². The number of amides is 1. The zero-order valence-corrected chi connectivity index (χ0v) is 12.2. The zero-order chi connectivity index (χ0) is 14.4. The number of benzene rings is 1. The van der Waals surface area contributed by atoms with Crippen LogP contribution in [-0.2, 0) is 4.79 Å². The molecule has 1 heterocycles. The van der Waals surface area contributed by atoms with Crippen molar-refractivity contribution >= 4 is 40.6 Å². The summed E-state index contributed by atoms with van der Waals surface area (Å²) in [6, 6.07) is 8.85. The number of halogens is 1.